The van der Waals surface area contributed by atoms with E-state index in [2.05, 4.69) is 247 Å². The van der Waals surface area contributed by atoms with Crippen molar-refractivity contribution in [2.75, 3.05) is 9.80 Å². The molecule has 13 aromatic carbocycles. The van der Waals surface area contributed by atoms with Gasteiger partial charge in [0.2, 0.25) is 0 Å². The summed E-state index contributed by atoms with van der Waals surface area (Å²) in [6.07, 6.45) is -4.95. The minimum atomic E-state index is -1.88. The average Bonchev–Trinajstić information content (AvgIpc) is 1.34. The highest BCUT2D eigenvalue weighted by Crippen LogP contribution is 2.55. The molecule has 0 radical (unpaired) electrons. The first-order chi connectivity index (χ1) is 65.9. The zero-order valence-electron chi connectivity index (χ0n) is 96.3. The molecule has 0 fully saturated rings. The number of rotatable bonds is 16. The van der Waals surface area contributed by atoms with E-state index in [1.165, 1.54) is 0 Å². The van der Waals surface area contributed by atoms with Crippen LogP contribution >= 0.6 is 0 Å². The van der Waals surface area contributed by atoms with E-state index in [-0.39, 0.29) is 70.0 Å². The first-order valence-electron chi connectivity index (χ1n) is 53.8. The maximum Gasteiger partial charge on any atom is 0.252 e. The van der Waals surface area contributed by atoms with Crippen LogP contribution in [-0.4, -0.2) is 15.8 Å². The highest BCUT2D eigenvalue weighted by molar-refractivity contribution is 7.00. The Hall–Kier alpha value is -10.9. The molecule has 2 aliphatic heterocycles. The lowest BCUT2D eigenvalue weighted by atomic mass is 9.33. The number of anilines is 6. The van der Waals surface area contributed by atoms with Gasteiger partial charge in [-0.15, -0.1) is 0 Å². The third kappa shape index (κ3) is 18.6. The van der Waals surface area contributed by atoms with Crippen molar-refractivity contribution in [1.82, 2.24) is 9.13 Å². The second kappa shape index (κ2) is 32.1. The largest absolute Gasteiger partial charge is 0.311 e. The Kier molecular flexibility index (Phi) is 17.7. The molecular formula is C122H139BN4. The van der Waals surface area contributed by atoms with Gasteiger partial charge in [-0.25, -0.2) is 0 Å². The molecule has 0 unspecified atom stereocenters. The van der Waals surface area contributed by atoms with Crippen LogP contribution in [0.4, 0.5) is 34.1 Å². The highest BCUT2D eigenvalue weighted by Gasteiger charge is 2.46. The van der Waals surface area contributed by atoms with Gasteiger partial charge in [0.05, 0.1) is 44.4 Å². The topological polar surface area (TPSA) is 16.3 Å². The average molecular weight is 1690 g/mol. The van der Waals surface area contributed by atoms with E-state index in [0.29, 0.717) is 126 Å². The van der Waals surface area contributed by atoms with Gasteiger partial charge in [0, 0.05) is 77.8 Å². The van der Waals surface area contributed by atoms with Gasteiger partial charge in [0.1, 0.15) is 0 Å². The molecule has 0 spiro atoms. The highest BCUT2D eigenvalue weighted by atomic mass is 15.2. The van der Waals surface area contributed by atoms with Crippen molar-refractivity contribution in [3.05, 3.63) is 305 Å². The van der Waals surface area contributed by atoms with E-state index < -0.39 is 59.3 Å². The van der Waals surface area contributed by atoms with Crippen molar-refractivity contribution in [2.45, 2.75) is 244 Å². The summed E-state index contributed by atoms with van der Waals surface area (Å²) in [5, 5.41) is 2.08. The van der Waals surface area contributed by atoms with Crippen molar-refractivity contribution in [3.63, 3.8) is 0 Å². The van der Waals surface area contributed by atoms with Gasteiger partial charge in [-0.3, -0.25) is 0 Å². The number of benzene rings is 13. The standard InChI is InChI=1S/C122H139BN4/c1-114(2,3)70-78-36-32-40-84(56-78)95-68-107(97(62-88(95)76-120(19,20)21)86-42-34-38-80(58-86)72-116(7,8)9)126-109-66-91(124-103-46-30-28-44-93(103)99-60-82(48-54-105(99)124)74-118(13,14)15)50-52-101(109)123-102-53-51-92(125-104-47-31-29-45-94(104)100-61-83(49-55-106(100)125)75-119(16,17)18)67-110(102)127(112-65-90(122(25,26)27)64-111(126)113(112)123)108-69-96(85-41-33-37-79(57-85)71-115(4,5)6)89(77-121(22,23)24)63-98(108)87-43-35-39-81(59-87)73-117(10,11)12/h28-69H,70-77H2,1-27H3/i28D,29D,30D,31D,44D,45D,46D,47D,70D2,71D2,72D2,73D2. The molecule has 0 bridgehead atoms. The van der Waals surface area contributed by atoms with Crippen LogP contribution in [0.5, 0.6) is 0 Å². The van der Waals surface area contributed by atoms with Gasteiger partial charge < -0.3 is 18.9 Å². The Morgan fingerprint density at radius 2 is 0.598 bits per heavy atom. The fraction of sp³-hybridized carbons (Fsp3) is 0.361. The van der Waals surface area contributed by atoms with Crippen molar-refractivity contribution >= 4 is 101 Å². The van der Waals surface area contributed by atoms with E-state index in [1.54, 1.807) is 0 Å². The molecule has 0 saturated heterocycles. The number of aromatic nitrogens is 2. The second-order valence-corrected chi connectivity index (χ2v) is 46.4. The molecule has 5 heteroatoms. The molecule has 0 N–H and O–H groups in total. The van der Waals surface area contributed by atoms with Gasteiger partial charge in [-0.1, -0.05) is 345 Å². The predicted octanol–water partition coefficient (Wildman–Crippen LogP) is 32.6. The molecule has 17 rings (SSSR count). The lowest BCUT2D eigenvalue weighted by molar-refractivity contribution is 0.410. The summed E-state index contributed by atoms with van der Waals surface area (Å²) in [5.41, 5.74) is 17.6. The van der Waals surface area contributed by atoms with Gasteiger partial charge >= 0.3 is 0 Å². The minimum Gasteiger partial charge on any atom is -0.311 e. The number of nitrogens with zero attached hydrogens (tertiary/aromatic N) is 4. The van der Waals surface area contributed by atoms with Crippen molar-refractivity contribution in [3.8, 4) is 55.9 Å². The summed E-state index contributed by atoms with van der Waals surface area (Å²) >= 11 is 0. The molecular weight excluding hydrogens is 1530 g/mol. The summed E-state index contributed by atoms with van der Waals surface area (Å²) in [6, 6.07) is 68.7. The van der Waals surface area contributed by atoms with E-state index in [9.17, 15) is 21.9 Å². The summed E-state index contributed by atoms with van der Waals surface area (Å²) in [7, 11) is 0. The van der Waals surface area contributed by atoms with Crippen LogP contribution in [0.15, 0.2) is 255 Å². The number of fused-ring (bicyclic) bond motifs is 10. The van der Waals surface area contributed by atoms with Crippen LogP contribution in [-0.2, 0) is 56.6 Å². The fourth-order valence-electron chi connectivity index (χ4n) is 19.6. The molecule has 4 heterocycles. The Labute approximate surface area is 784 Å². The van der Waals surface area contributed by atoms with Crippen LogP contribution in [0.25, 0.3) is 99.5 Å². The lowest BCUT2D eigenvalue weighted by Gasteiger charge is -2.46. The van der Waals surface area contributed by atoms with Crippen LogP contribution in [0, 0.1) is 43.3 Å². The molecule has 0 atom stereocenters. The van der Waals surface area contributed by atoms with Crippen LogP contribution in [0.2, 0.25) is 0 Å². The molecule has 650 valence electrons. The smallest absolute Gasteiger partial charge is 0.252 e. The SMILES string of the molecule is [2H]c1c([2H])c([2H])c2c(c1[2H])c1cc(CC(C)(C)C)ccc1n2-c1ccc2c(c1)N(c1cc(-c3cccc(C([2H])([2H])C(C)(C)C)c3)c(CC(C)(C)C)cc1-c1cccc(C([2H])([2H])C(C)(C)C)c1)c1cc(C(C)(C)C)cc3c1B2c1ccc(-n2c4ccc(CC(C)(C)C)cc4c4c([2H])c([2H])c([2H])c([2H])c42)cc1N3c1cc(-c2cccc(C([2H])([2H])C(C)(C)C)c2)c(CC(C)(C)C)cc1-c1cccc(C([2H])([2H])C(C)(C)C)c1. The van der Waals surface area contributed by atoms with Crippen LogP contribution in [0.3, 0.4) is 0 Å². The van der Waals surface area contributed by atoms with Crippen molar-refractivity contribution < 1.29 is 21.9 Å². The number of hydrogen-bond acceptors (Lipinski definition) is 2. The zero-order chi connectivity index (χ0) is 105. The molecule has 127 heavy (non-hydrogen) atoms. The molecule has 0 aliphatic carbocycles. The Bertz CT molecular complexity index is 7270. The van der Waals surface area contributed by atoms with E-state index in [0.717, 1.165) is 100 Å². The Balaban J connectivity index is 1.12. The van der Waals surface area contributed by atoms with E-state index >= 15 is 0 Å². The molecule has 0 amide bonds. The van der Waals surface area contributed by atoms with Crippen LogP contribution in [0.1, 0.15) is 259 Å². The van der Waals surface area contributed by atoms with Gasteiger partial charge in [0.15, 0.2) is 0 Å². The van der Waals surface area contributed by atoms with E-state index in [1.807, 2.05) is 165 Å². The third-order valence-electron chi connectivity index (χ3n) is 24.0. The number of para-hydroxylation sites is 2. The predicted molar refractivity (Wildman–Crippen MR) is 555 cm³/mol. The molecule has 2 aliphatic rings. The maximum absolute atomic E-state index is 10.2. The normalized spacial score (nSPS) is 15.9. The van der Waals surface area contributed by atoms with Crippen molar-refractivity contribution in [1.29, 1.82) is 0 Å². The summed E-state index contributed by atoms with van der Waals surface area (Å²) < 4.78 is 163. The molecule has 2 aromatic heterocycles. The van der Waals surface area contributed by atoms with Crippen LogP contribution < -0.4 is 26.2 Å². The van der Waals surface area contributed by atoms with Crippen molar-refractivity contribution in [2.24, 2.45) is 43.3 Å². The summed E-state index contributed by atoms with van der Waals surface area (Å²) in [4.78, 5) is 4.78. The third-order valence-corrected chi connectivity index (χ3v) is 24.0. The van der Waals surface area contributed by atoms with Gasteiger partial charge in [-0.2, -0.15) is 0 Å². The molecule has 0 saturated carbocycles. The minimum absolute atomic E-state index is 0.158. The first kappa shape index (κ1) is 70.1. The Morgan fingerprint density at radius 1 is 0.268 bits per heavy atom. The fourth-order valence-corrected chi connectivity index (χ4v) is 19.6. The molecule has 15 aromatic rings. The Morgan fingerprint density at radius 3 is 0.921 bits per heavy atom. The van der Waals surface area contributed by atoms with Gasteiger partial charge in [-0.05, 0) is 297 Å². The second-order valence-electron chi connectivity index (χ2n) is 46.4. The lowest BCUT2D eigenvalue weighted by Crippen LogP contribution is -2.61. The van der Waals surface area contributed by atoms with Gasteiger partial charge in [0.25, 0.3) is 6.71 Å². The monoisotopic (exact) mass is 1690 g/mol. The summed E-state index contributed by atoms with van der Waals surface area (Å²) in [5.74, 6) is 0. The number of hydrogen-bond donors (Lipinski definition) is 0. The zero-order valence-corrected chi connectivity index (χ0v) is 80.3. The first-order valence-corrected chi connectivity index (χ1v) is 45.8. The molecule has 4 nitrogen and oxygen atoms in total. The maximum atomic E-state index is 10.2. The summed E-state index contributed by atoms with van der Waals surface area (Å²) in [6.45, 7) is 55.5. The quantitative estimate of drug-likeness (QED) is 0.0897. The van der Waals surface area contributed by atoms with E-state index in [4.69, 9.17) is 0 Å².